The number of hydrogen-bond acceptors (Lipinski definition) is 3. The lowest BCUT2D eigenvalue weighted by molar-refractivity contribution is -0.144. The number of ether oxygens (including phenoxy) is 1. The Morgan fingerprint density at radius 3 is 3.00 bits per heavy atom. The normalized spacial score (nSPS) is 25.3. The van der Waals surface area contributed by atoms with Gasteiger partial charge in [0.05, 0.1) is 13.2 Å². The smallest absolute Gasteiger partial charge is 0.328 e. The Bertz CT molecular complexity index is 317. The molecule has 84 valence electrons. The largest absolute Gasteiger partial charge is 0.465 e. The van der Waals surface area contributed by atoms with E-state index in [1.165, 1.54) is 12.3 Å². The molecule has 0 aliphatic carbocycles. The highest BCUT2D eigenvalue weighted by molar-refractivity contribution is 14.1. The second-order valence-corrected chi connectivity index (χ2v) is 4.78. The standard InChI is InChI=1S/C9H10F2INO2/c1-2-15-8(14)9(12)5-13-4-3-6(9)7(10)11/h3-4,7H,2,5H2,1H3. The Balaban J connectivity index is 2.96. The van der Waals surface area contributed by atoms with E-state index in [0.29, 0.717) is 0 Å². The lowest BCUT2D eigenvalue weighted by Crippen LogP contribution is -2.42. The molecule has 0 aromatic rings. The summed E-state index contributed by atoms with van der Waals surface area (Å²) in [6, 6.07) is 0. The lowest BCUT2D eigenvalue weighted by Gasteiger charge is -2.27. The number of carbonyl (C=O) groups excluding carboxylic acids is 1. The lowest BCUT2D eigenvalue weighted by atomic mass is 9.97. The first-order chi connectivity index (χ1) is 7.02. The number of carbonyl (C=O) groups is 1. The Hall–Kier alpha value is -0.530. The van der Waals surface area contributed by atoms with Crippen molar-refractivity contribution in [3.8, 4) is 0 Å². The monoisotopic (exact) mass is 329 g/mol. The molecule has 0 aromatic carbocycles. The Morgan fingerprint density at radius 2 is 2.47 bits per heavy atom. The number of esters is 1. The number of allylic oxidation sites excluding steroid dienone is 1. The van der Waals surface area contributed by atoms with Crippen LogP contribution in [0.25, 0.3) is 0 Å². The van der Waals surface area contributed by atoms with Crippen molar-refractivity contribution in [3.05, 3.63) is 11.6 Å². The van der Waals surface area contributed by atoms with E-state index in [1.54, 1.807) is 29.5 Å². The van der Waals surface area contributed by atoms with Gasteiger partial charge in [0, 0.05) is 11.8 Å². The summed E-state index contributed by atoms with van der Waals surface area (Å²) in [5.74, 6) is -0.658. The summed E-state index contributed by atoms with van der Waals surface area (Å²) in [7, 11) is 0. The van der Waals surface area contributed by atoms with Gasteiger partial charge in [0.15, 0.2) is 3.42 Å². The van der Waals surface area contributed by atoms with Crippen molar-refractivity contribution >= 4 is 34.8 Å². The molecule has 0 amide bonds. The highest BCUT2D eigenvalue weighted by Gasteiger charge is 2.45. The Kier molecular flexibility index (Phi) is 4.18. The maximum Gasteiger partial charge on any atom is 0.328 e. The van der Waals surface area contributed by atoms with Crippen molar-refractivity contribution < 1.29 is 18.3 Å². The number of alkyl halides is 3. The van der Waals surface area contributed by atoms with Crippen molar-refractivity contribution in [1.29, 1.82) is 0 Å². The summed E-state index contributed by atoms with van der Waals surface area (Å²) < 4.78 is 28.8. The minimum atomic E-state index is -2.67. The molecule has 0 fully saturated rings. The minimum absolute atomic E-state index is 0.00255. The van der Waals surface area contributed by atoms with E-state index >= 15 is 0 Å². The van der Waals surface area contributed by atoms with Gasteiger partial charge in [0.1, 0.15) is 0 Å². The highest BCUT2D eigenvalue weighted by Crippen LogP contribution is 2.35. The van der Waals surface area contributed by atoms with Crippen LogP contribution in [0.1, 0.15) is 6.92 Å². The topological polar surface area (TPSA) is 38.7 Å². The fourth-order valence-corrected chi connectivity index (χ4v) is 1.98. The van der Waals surface area contributed by atoms with Gasteiger partial charge in [0.2, 0.25) is 0 Å². The van der Waals surface area contributed by atoms with E-state index in [-0.39, 0.29) is 18.7 Å². The molecule has 1 heterocycles. The second-order valence-electron chi connectivity index (χ2n) is 2.93. The Morgan fingerprint density at radius 1 is 1.80 bits per heavy atom. The third-order valence-electron chi connectivity index (χ3n) is 1.96. The number of hydrogen-bond donors (Lipinski definition) is 0. The predicted octanol–water partition coefficient (Wildman–Crippen LogP) is 2.00. The molecule has 0 aromatic heterocycles. The first-order valence-corrected chi connectivity index (χ1v) is 5.45. The van der Waals surface area contributed by atoms with Crippen molar-refractivity contribution in [2.45, 2.75) is 16.8 Å². The van der Waals surface area contributed by atoms with Gasteiger partial charge in [-0.15, -0.1) is 0 Å². The van der Waals surface area contributed by atoms with Crippen LogP contribution in [-0.4, -0.2) is 35.2 Å². The van der Waals surface area contributed by atoms with Crippen molar-refractivity contribution in [2.24, 2.45) is 4.99 Å². The van der Waals surface area contributed by atoms with Gasteiger partial charge in [-0.25, -0.2) is 8.78 Å². The third-order valence-corrected chi connectivity index (χ3v) is 3.36. The van der Waals surface area contributed by atoms with Gasteiger partial charge in [-0.3, -0.25) is 9.79 Å². The number of aliphatic imine (C=N–C) groups is 1. The summed E-state index contributed by atoms with van der Waals surface area (Å²) in [4.78, 5) is 15.4. The van der Waals surface area contributed by atoms with Gasteiger partial charge >= 0.3 is 5.97 Å². The summed E-state index contributed by atoms with van der Waals surface area (Å²) >= 11 is 1.68. The van der Waals surface area contributed by atoms with E-state index in [0.717, 1.165) is 0 Å². The molecule has 1 atom stereocenters. The van der Waals surface area contributed by atoms with Crippen LogP contribution < -0.4 is 0 Å². The zero-order valence-electron chi connectivity index (χ0n) is 8.04. The van der Waals surface area contributed by atoms with Gasteiger partial charge < -0.3 is 4.74 Å². The third kappa shape index (κ3) is 2.53. The molecular weight excluding hydrogens is 319 g/mol. The average molecular weight is 329 g/mol. The van der Waals surface area contributed by atoms with Crippen LogP contribution in [0.3, 0.4) is 0 Å². The fraction of sp³-hybridized carbons (Fsp3) is 0.556. The average Bonchev–Trinajstić information content (AvgIpc) is 2.18. The molecule has 1 aliphatic rings. The molecule has 0 bridgehead atoms. The zero-order chi connectivity index (χ0) is 11.5. The second kappa shape index (κ2) is 5.00. The zero-order valence-corrected chi connectivity index (χ0v) is 10.2. The summed E-state index contributed by atoms with van der Waals surface area (Å²) in [5.41, 5.74) is -0.239. The van der Waals surface area contributed by atoms with Gasteiger partial charge in [-0.1, -0.05) is 22.6 Å². The number of halogens is 3. The predicted molar refractivity (Wildman–Crippen MR) is 60.8 cm³/mol. The number of rotatable bonds is 3. The number of dihydropyridines is 1. The van der Waals surface area contributed by atoms with Crippen molar-refractivity contribution in [3.63, 3.8) is 0 Å². The molecule has 1 unspecified atom stereocenters. The summed E-state index contributed by atoms with van der Waals surface area (Å²) in [5, 5.41) is 0. The van der Waals surface area contributed by atoms with E-state index < -0.39 is 15.8 Å². The van der Waals surface area contributed by atoms with Crippen LogP contribution in [0.5, 0.6) is 0 Å². The molecule has 1 aliphatic heterocycles. The highest BCUT2D eigenvalue weighted by atomic mass is 127. The van der Waals surface area contributed by atoms with Crippen LogP contribution in [0, 0.1) is 0 Å². The van der Waals surface area contributed by atoms with Crippen LogP contribution in [0.4, 0.5) is 8.78 Å². The van der Waals surface area contributed by atoms with Crippen molar-refractivity contribution in [2.75, 3.05) is 13.2 Å². The molecule has 1 rings (SSSR count). The van der Waals surface area contributed by atoms with Crippen LogP contribution in [0.2, 0.25) is 0 Å². The van der Waals surface area contributed by atoms with E-state index in [9.17, 15) is 13.6 Å². The first kappa shape index (κ1) is 12.5. The first-order valence-electron chi connectivity index (χ1n) is 4.37. The molecule has 3 nitrogen and oxygen atoms in total. The van der Waals surface area contributed by atoms with E-state index in [1.807, 2.05) is 0 Å². The van der Waals surface area contributed by atoms with E-state index in [4.69, 9.17) is 4.74 Å². The van der Waals surface area contributed by atoms with Gasteiger partial charge in [0.25, 0.3) is 6.43 Å². The maximum absolute atomic E-state index is 12.7. The SMILES string of the molecule is CCOC(=O)C1(I)CN=CC=C1C(F)F. The molecule has 6 heteroatoms. The van der Waals surface area contributed by atoms with Crippen LogP contribution in [-0.2, 0) is 9.53 Å². The quantitative estimate of drug-likeness (QED) is 0.451. The molecule has 0 saturated heterocycles. The summed E-state index contributed by atoms with van der Waals surface area (Å²) in [6.45, 7) is 1.81. The summed E-state index contributed by atoms with van der Waals surface area (Å²) in [6.07, 6.45) is -0.201. The Labute approximate surface area is 99.7 Å². The van der Waals surface area contributed by atoms with Crippen LogP contribution >= 0.6 is 22.6 Å². The molecule has 0 spiro atoms. The molecule has 0 saturated carbocycles. The molecule has 0 radical (unpaired) electrons. The molecule has 15 heavy (non-hydrogen) atoms. The molecular formula is C9H10F2INO2. The van der Waals surface area contributed by atoms with E-state index in [2.05, 4.69) is 4.99 Å². The van der Waals surface area contributed by atoms with Gasteiger partial charge in [-0.05, 0) is 13.0 Å². The minimum Gasteiger partial charge on any atom is -0.465 e. The number of nitrogens with zero attached hydrogens (tertiary/aromatic N) is 1. The fourth-order valence-electron chi connectivity index (χ4n) is 1.21. The van der Waals surface area contributed by atoms with Crippen molar-refractivity contribution in [1.82, 2.24) is 0 Å². The van der Waals surface area contributed by atoms with Crippen LogP contribution in [0.15, 0.2) is 16.6 Å². The molecule has 0 N–H and O–H groups in total. The van der Waals surface area contributed by atoms with Gasteiger partial charge in [-0.2, -0.15) is 0 Å². The maximum atomic E-state index is 12.7.